The predicted octanol–water partition coefficient (Wildman–Crippen LogP) is 7.62. The Bertz CT molecular complexity index is 3150. The summed E-state index contributed by atoms with van der Waals surface area (Å²) in [5, 5.41) is 9.13. The molecule has 0 fully saturated rings. The zero-order valence-electron chi connectivity index (χ0n) is 31.0. The smallest absolute Gasteiger partial charge is 0.247 e. The third-order valence-electron chi connectivity index (χ3n) is 11.9. The summed E-state index contributed by atoms with van der Waals surface area (Å²) in [6, 6.07) is 47.8. The Kier molecular flexibility index (Phi) is 7.38. The SMILES string of the molecule is Cn1cc(-c2ccc3c(c2)B2c4cc(-n5cccn5)ccc4Sc4cccc(c42)S3)cc1-c1ccc2c(c1)B1c3cc(-n4cccn4)ccc3Sc3cccc(c31)S2. The van der Waals surface area contributed by atoms with Crippen LogP contribution >= 0.6 is 47.0 Å². The fraction of sp³-hybridized carbons (Fsp3) is 0.0213. The zero-order valence-corrected chi connectivity index (χ0v) is 34.3. The molecule has 0 saturated heterocycles. The quantitative estimate of drug-likeness (QED) is 0.171. The Morgan fingerprint density at radius 3 is 1.36 bits per heavy atom. The first-order valence-electron chi connectivity index (χ1n) is 19.3. The summed E-state index contributed by atoms with van der Waals surface area (Å²) >= 11 is 7.58. The second kappa shape index (κ2) is 12.8. The van der Waals surface area contributed by atoms with E-state index in [0.29, 0.717) is 0 Å². The van der Waals surface area contributed by atoms with Crippen LogP contribution in [0.5, 0.6) is 0 Å². The third kappa shape index (κ3) is 5.06. The lowest BCUT2D eigenvalue weighted by Crippen LogP contribution is -2.58. The maximum atomic E-state index is 4.57. The van der Waals surface area contributed by atoms with Gasteiger partial charge in [0, 0.05) is 82.9 Å². The minimum absolute atomic E-state index is 0.144. The molecule has 5 nitrogen and oxygen atoms in total. The van der Waals surface area contributed by atoms with Gasteiger partial charge in [0.05, 0.1) is 11.4 Å². The van der Waals surface area contributed by atoms with E-state index >= 15 is 0 Å². The van der Waals surface area contributed by atoms with E-state index in [9.17, 15) is 0 Å². The normalized spacial score (nSPS) is 13.9. The van der Waals surface area contributed by atoms with Crippen LogP contribution in [0.25, 0.3) is 33.8 Å². The highest BCUT2D eigenvalue weighted by Gasteiger charge is 2.40. The number of benzene rings is 6. The number of aromatic nitrogens is 5. The van der Waals surface area contributed by atoms with Gasteiger partial charge in [0.15, 0.2) is 0 Å². The average Bonchev–Trinajstić information content (AvgIpc) is 4.07. The minimum atomic E-state index is 0.144. The number of aryl methyl sites for hydroxylation is 1. The van der Waals surface area contributed by atoms with Crippen LogP contribution in [-0.2, 0) is 7.05 Å². The van der Waals surface area contributed by atoms with Gasteiger partial charge in [0.25, 0.3) is 0 Å². The molecule has 3 aromatic heterocycles. The van der Waals surface area contributed by atoms with E-state index in [2.05, 4.69) is 143 Å². The summed E-state index contributed by atoms with van der Waals surface area (Å²) in [4.78, 5) is 10.7. The van der Waals surface area contributed by atoms with Crippen LogP contribution in [0.2, 0.25) is 0 Å². The van der Waals surface area contributed by atoms with Crippen molar-refractivity contribution < 1.29 is 0 Å². The van der Waals surface area contributed by atoms with Gasteiger partial charge in [-0.15, -0.1) is 0 Å². The first-order valence-corrected chi connectivity index (χ1v) is 22.6. The molecule has 58 heavy (non-hydrogen) atoms. The lowest BCUT2D eigenvalue weighted by Gasteiger charge is -2.33. The van der Waals surface area contributed by atoms with Crippen LogP contribution in [0.15, 0.2) is 198 Å². The van der Waals surface area contributed by atoms with Crippen LogP contribution in [0.1, 0.15) is 0 Å². The minimum Gasteiger partial charge on any atom is -0.350 e. The van der Waals surface area contributed by atoms with Crippen molar-refractivity contribution in [3.63, 3.8) is 0 Å². The van der Waals surface area contributed by atoms with Crippen molar-refractivity contribution >= 4 is 93.2 Å². The highest BCUT2D eigenvalue weighted by atomic mass is 32.2. The first-order chi connectivity index (χ1) is 28.6. The van der Waals surface area contributed by atoms with E-state index in [1.807, 2.05) is 93.3 Å². The molecule has 0 unspecified atom stereocenters. The molecule has 0 bridgehead atoms. The van der Waals surface area contributed by atoms with Gasteiger partial charge in [-0.3, -0.25) is 0 Å². The van der Waals surface area contributed by atoms with Crippen LogP contribution in [-0.4, -0.2) is 37.6 Å². The fourth-order valence-electron chi connectivity index (χ4n) is 9.32. The van der Waals surface area contributed by atoms with Gasteiger partial charge in [-0.05, 0) is 119 Å². The van der Waals surface area contributed by atoms with Crippen LogP contribution in [0, 0.1) is 0 Å². The molecule has 0 saturated carbocycles. The Morgan fingerprint density at radius 2 is 0.879 bits per heavy atom. The summed E-state index contributed by atoms with van der Waals surface area (Å²) in [5.41, 5.74) is 15.4. The van der Waals surface area contributed by atoms with Gasteiger partial charge >= 0.3 is 0 Å². The summed E-state index contributed by atoms with van der Waals surface area (Å²) in [7, 11) is 2.19. The van der Waals surface area contributed by atoms with Gasteiger partial charge in [-0.1, -0.05) is 105 Å². The summed E-state index contributed by atoms with van der Waals surface area (Å²) in [6.07, 6.45) is 10.0. The van der Waals surface area contributed by atoms with Crippen molar-refractivity contribution in [3.05, 3.63) is 158 Å². The molecule has 4 aliphatic rings. The van der Waals surface area contributed by atoms with E-state index in [-0.39, 0.29) is 13.4 Å². The molecule has 13 rings (SSSR count). The Balaban J connectivity index is 0.912. The molecule has 0 amide bonds. The summed E-state index contributed by atoms with van der Waals surface area (Å²) in [5.74, 6) is 0. The van der Waals surface area contributed by atoms with E-state index in [1.165, 1.54) is 94.3 Å². The number of hydrogen-bond acceptors (Lipinski definition) is 6. The van der Waals surface area contributed by atoms with Gasteiger partial charge in [-0.2, -0.15) is 10.2 Å². The highest BCUT2D eigenvalue weighted by molar-refractivity contribution is 8.02. The maximum absolute atomic E-state index is 4.57. The van der Waals surface area contributed by atoms with Crippen molar-refractivity contribution in [2.75, 3.05) is 0 Å². The Morgan fingerprint density at radius 1 is 0.431 bits per heavy atom. The van der Waals surface area contributed by atoms with Crippen molar-refractivity contribution in [3.8, 4) is 33.8 Å². The first kappa shape index (κ1) is 33.5. The van der Waals surface area contributed by atoms with Crippen LogP contribution in [0.3, 0.4) is 0 Å². The monoisotopic (exact) mass is 813 g/mol. The van der Waals surface area contributed by atoms with E-state index in [0.717, 1.165) is 11.4 Å². The Hall–Kier alpha value is -5.45. The molecular formula is C47H29B2N5S4. The summed E-state index contributed by atoms with van der Waals surface area (Å²) < 4.78 is 6.24. The molecule has 6 aromatic carbocycles. The number of nitrogens with zero attached hydrogens (tertiary/aromatic N) is 5. The topological polar surface area (TPSA) is 40.6 Å². The second-order valence-electron chi connectivity index (χ2n) is 15.2. The van der Waals surface area contributed by atoms with E-state index < -0.39 is 0 Å². The second-order valence-corrected chi connectivity index (χ2v) is 19.5. The standard InChI is InChI=1S/C47H29B2N5S4/c1-52-27-30(28-10-14-38-33(22-28)48-35-25-31(53-20-4-18-50-53)12-16-40(35)57-44-8-2-6-42(55-38)46(44)48)24-37(52)29-11-15-39-34(23-29)49-36-26-32(54-21-5-19-51-54)13-17-41(36)58-45-9-3-7-43(56-39)47(45)49/h2-27H,1H3. The molecule has 11 heteroatoms. The lowest BCUT2D eigenvalue weighted by atomic mass is 9.36. The molecule has 4 aliphatic heterocycles. The van der Waals surface area contributed by atoms with Gasteiger partial charge < -0.3 is 4.57 Å². The van der Waals surface area contributed by atoms with E-state index in [1.54, 1.807) is 0 Å². The molecule has 9 aromatic rings. The third-order valence-corrected chi connectivity index (χ3v) is 16.6. The molecular weight excluding hydrogens is 784 g/mol. The average molecular weight is 814 g/mol. The van der Waals surface area contributed by atoms with Crippen molar-refractivity contribution in [1.82, 2.24) is 24.1 Å². The van der Waals surface area contributed by atoms with Crippen LogP contribution in [0.4, 0.5) is 0 Å². The molecule has 0 spiro atoms. The van der Waals surface area contributed by atoms with Crippen molar-refractivity contribution in [2.45, 2.75) is 39.2 Å². The van der Waals surface area contributed by atoms with Gasteiger partial charge in [0.2, 0.25) is 13.4 Å². The largest absolute Gasteiger partial charge is 0.350 e. The van der Waals surface area contributed by atoms with Gasteiger partial charge in [-0.25, -0.2) is 9.36 Å². The molecule has 0 N–H and O–H groups in total. The lowest BCUT2D eigenvalue weighted by molar-refractivity contribution is 0.880. The summed E-state index contributed by atoms with van der Waals surface area (Å²) in [6.45, 7) is 0.291. The zero-order chi connectivity index (χ0) is 38.1. The fourth-order valence-corrected chi connectivity index (χ4v) is 14.1. The molecule has 272 valence electrons. The van der Waals surface area contributed by atoms with E-state index in [4.69, 9.17) is 0 Å². The highest BCUT2D eigenvalue weighted by Crippen LogP contribution is 2.42. The number of rotatable bonds is 4. The van der Waals surface area contributed by atoms with Crippen LogP contribution < -0.4 is 32.8 Å². The Labute approximate surface area is 353 Å². The molecule has 0 aliphatic carbocycles. The number of fused-ring (bicyclic) bond motifs is 8. The van der Waals surface area contributed by atoms with Gasteiger partial charge in [0.1, 0.15) is 0 Å². The number of hydrogen-bond donors (Lipinski definition) is 0. The van der Waals surface area contributed by atoms with Crippen molar-refractivity contribution in [2.24, 2.45) is 7.05 Å². The molecule has 0 radical (unpaired) electrons. The maximum Gasteiger partial charge on any atom is 0.247 e. The van der Waals surface area contributed by atoms with Crippen molar-refractivity contribution in [1.29, 1.82) is 0 Å². The predicted molar refractivity (Wildman–Crippen MR) is 242 cm³/mol. The molecule has 0 atom stereocenters. The molecule has 7 heterocycles.